The summed E-state index contributed by atoms with van der Waals surface area (Å²) in [7, 11) is 0. The number of nitrogens with one attached hydrogen (secondary N) is 1. The Morgan fingerprint density at radius 1 is 1.58 bits per heavy atom. The lowest BCUT2D eigenvalue weighted by molar-refractivity contribution is -0.124. The first-order valence-electron chi connectivity index (χ1n) is 6.64. The molecular weight excluding hydrogens is 266 g/mol. The van der Waals surface area contributed by atoms with Crippen LogP contribution in [0.2, 0.25) is 5.02 Å². The van der Waals surface area contributed by atoms with Crippen LogP contribution in [0.3, 0.4) is 0 Å². The number of carbonyl (C=O) groups excluding carboxylic acids is 1. The SMILES string of the molecule is Cc1nn(CCCNC(=O)C2CCOC2)c(C)c1Cl. The van der Waals surface area contributed by atoms with Crippen molar-refractivity contribution in [1.29, 1.82) is 0 Å². The zero-order valence-electron chi connectivity index (χ0n) is 11.4. The summed E-state index contributed by atoms with van der Waals surface area (Å²) in [6.07, 6.45) is 1.68. The van der Waals surface area contributed by atoms with Gasteiger partial charge >= 0.3 is 0 Å². The fraction of sp³-hybridized carbons (Fsp3) is 0.692. The molecule has 6 heteroatoms. The number of hydrogen-bond donors (Lipinski definition) is 1. The number of halogens is 1. The number of aryl methyl sites for hydroxylation is 2. The molecule has 0 radical (unpaired) electrons. The number of nitrogens with zero attached hydrogens (tertiary/aromatic N) is 2. The second kappa shape index (κ2) is 6.39. The Hall–Kier alpha value is -1.07. The smallest absolute Gasteiger partial charge is 0.225 e. The molecule has 2 rings (SSSR count). The highest BCUT2D eigenvalue weighted by molar-refractivity contribution is 6.31. The molecule has 1 amide bonds. The van der Waals surface area contributed by atoms with E-state index >= 15 is 0 Å². The first-order valence-corrected chi connectivity index (χ1v) is 7.02. The van der Waals surface area contributed by atoms with E-state index in [1.165, 1.54) is 0 Å². The van der Waals surface area contributed by atoms with Crippen molar-refractivity contribution in [1.82, 2.24) is 15.1 Å². The van der Waals surface area contributed by atoms with E-state index in [4.69, 9.17) is 16.3 Å². The number of amides is 1. The van der Waals surface area contributed by atoms with E-state index in [9.17, 15) is 4.79 Å². The summed E-state index contributed by atoms with van der Waals surface area (Å²) in [4.78, 5) is 11.7. The lowest BCUT2D eigenvalue weighted by Crippen LogP contribution is -2.32. The van der Waals surface area contributed by atoms with Gasteiger partial charge in [-0.05, 0) is 26.7 Å². The highest BCUT2D eigenvalue weighted by atomic mass is 35.5. The molecule has 1 aliphatic heterocycles. The summed E-state index contributed by atoms with van der Waals surface area (Å²) < 4.78 is 7.09. The van der Waals surface area contributed by atoms with Crippen molar-refractivity contribution in [2.45, 2.75) is 33.2 Å². The van der Waals surface area contributed by atoms with E-state index in [-0.39, 0.29) is 11.8 Å². The van der Waals surface area contributed by atoms with Gasteiger partial charge in [0.25, 0.3) is 0 Å². The minimum Gasteiger partial charge on any atom is -0.381 e. The molecule has 1 unspecified atom stereocenters. The monoisotopic (exact) mass is 285 g/mol. The predicted octanol–water partition coefficient (Wildman–Crippen LogP) is 1.70. The van der Waals surface area contributed by atoms with Crippen LogP contribution in [0.5, 0.6) is 0 Å². The molecule has 1 saturated heterocycles. The van der Waals surface area contributed by atoms with Gasteiger partial charge in [-0.3, -0.25) is 9.48 Å². The van der Waals surface area contributed by atoms with E-state index in [2.05, 4.69) is 10.4 Å². The van der Waals surface area contributed by atoms with E-state index in [0.29, 0.717) is 19.8 Å². The van der Waals surface area contributed by atoms with Gasteiger partial charge in [-0.25, -0.2) is 0 Å². The molecule has 0 saturated carbocycles. The maximum atomic E-state index is 11.7. The maximum Gasteiger partial charge on any atom is 0.225 e. The van der Waals surface area contributed by atoms with E-state index in [1.54, 1.807) is 0 Å². The molecule has 0 aliphatic carbocycles. The summed E-state index contributed by atoms with van der Waals surface area (Å²) >= 11 is 6.08. The third kappa shape index (κ3) is 3.48. The fourth-order valence-corrected chi connectivity index (χ4v) is 2.35. The number of aromatic nitrogens is 2. The molecule has 0 spiro atoms. The Morgan fingerprint density at radius 2 is 2.37 bits per heavy atom. The third-order valence-corrected chi connectivity index (χ3v) is 3.99. The van der Waals surface area contributed by atoms with Crippen molar-refractivity contribution in [2.24, 2.45) is 5.92 Å². The Balaban J connectivity index is 1.71. The second-order valence-corrected chi connectivity index (χ2v) is 5.29. The summed E-state index contributed by atoms with van der Waals surface area (Å²) in [6.45, 7) is 6.53. The van der Waals surface area contributed by atoms with Crippen LogP contribution in [-0.2, 0) is 16.1 Å². The van der Waals surface area contributed by atoms with Crippen LogP contribution in [0, 0.1) is 19.8 Å². The van der Waals surface area contributed by atoms with E-state index in [0.717, 1.165) is 35.8 Å². The standard InChI is InChI=1S/C13H20ClN3O2/c1-9-12(14)10(2)17(16-9)6-3-5-15-13(18)11-4-7-19-8-11/h11H,3-8H2,1-2H3,(H,15,18). The predicted molar refractivity (Wildman–Crippen MR) is 73.3 cm³/mol. The number of hydrogen-bond acceptors (Lipinski definition) is 3. The molecule has 2 heterocycles. The maximum absolute atomic E-state index is 11.7. The summed E-state index contributed by atoms with van der Waals surface area (Å²) in [6, 6.07) is 0. The van der Waals surface area contributed by atoms with Gasteiger partial charge in [0.05, 0.1) is 28.9 Å². The van der Waals surface area contributed by atoms with Crippen molar-refractivity contribution in [3.63, 3.8) is 0 Å². The Kier molecular flexibility index (Phi) is 4.82. The minimum absolute atomic E-state index is 0.0307. The first kappa shape index (κ1) is 14.3. The quantitative estimate of drug-likeness (QED) is 0.838. The summed E-state index contributed by atoms with van der Waals surface area (Å²) in [5.74, 6) is 0.132. The Bertz CT molecular complexity index is 453. The molecule has 1 aromatic rings. The van der Waals surface area contributed by atoms with Crippen LogP contribution in [0.4, 0.5) is 0 Å². The third-order valence-electron chi connectivity index (χ3n) is 3.44. The minimum atomic E-state index is 0.0307. The zero-order valence-corrected chi connectivity index (χ0v) is 12.2. The molecule has 0 aromatic carbocycles. The molecule has 0 bridgehead atoms. The summed E-state index contributed by atoms with van der Waals surface area (Å²) in [5.41, 5.74) is 1.83. The van der Waals surface area contributed by atoms with Gasteiger partial charge < -0.3 is 10.1 Å². The average molecular weight is 286 g/mol. The first-order chi connectivity index (χ1) is 9.09. The van der Waals surface area contributed by atoms with Gasteiger partial charge in [-0.2, -0.15) is 5.10 Å². The highest BCUT2D eigenvalue weighted by Gasteiger charge is 2.22. The molecule has 1 aliphatic rings. The Morgan fingerprint density at radius 3 is 2.95 bits per heavy atom. The van der Waals surface area contributed by atoms with Crippen molar-refractivity contribution in [3.8, 4) is 0 Å². The van der Waals surface area contributed by atoms with Crippen LogP contribution >= 0.6 is 11.6 Å². The van der Waals surface area contributed by atoms with Gasteiger partial charge in [0.1, 0.15) is 0 Å². The Labute approximate surface area is 118 Å². The number of rotatable bonds is 5. The van der Waals surface area contributed by atoms with Crippen LogP contribution in [0.15, 0.2) is 0 Å². The van der Waals surface area contributed by atoms with Crippen LogP contribution < -0.4 is 5.32 Å². The van der Waals surface area contributed by atoms with Crippen molar-refractivity contribution in [3.05, 3.63) is 16.4 Å². The molecule has 5 nitrogen and oxygen atoms in total. The lowest BCUT2D eigenvalue weighted by atomic mass is 10.1. The molecule has 1 fully saturated rings. The van der Waals surface area contributed by atoms with Crippen LogP contribution in [0.1, 0.15) is 24.2 Å². The molecule has 19 heavy (non-hydrogen) atoms. The second-order valence-electron chi connectivity index (χ2n) is 4.91. The fourth-order valence-electron chi connectivity index (χ4n) is 2.22. The molecule has 1 aromatic heterocycles. The van der Waals surface area contributed by atoms with Crippen LogP contribution in [0.25, 0.3) is 0 Å². The van der Waals surface area contributed by atoms with Crippen molar-refractivity contribution < 1.29 is 9.53 Å². The normalized spacial score (nSPS) is 18.8. The van der Waals surface area contributed by atoms with Gasteiger partial charge in [0, 0.05) is 19.7 Å². The topological polar surface area (TPSA) is 56.2 Å². The van der Waals surface area contributed by atoms with Crippen molar-refractivity contribution in [2.75, 3.05) is 19.8 Å². The summed E-state index contributed by atoms with van der Waals surface area (Å²) in [5, 5.41) is 8.03. The highest BCUT2D eigenvalue weighted by Crippen LogP contribution is 2.18. The van der Waals surface area contributed by atoms with Gasteiger partial charge in [-0.15, -0.1) is 0 Å². The number of ether oxygens (including phenoxy) is 1. The van der Waals surface area contributed by atoms with Crippen LogP contribution in [-0.4, -0.2) is 35.4 Å². The number of carbonyl (C=O) groups is 1. The molecule has 106 valence electrons. The van der Waals surface area contributed by atoms with E-state index in [1.807, 2.05) is 18.5 Å². The van der Waals surface area contributed by atoms with Crippen molar-refractivity contribution >= 4 is 17.5 Å². The largest absolute Gasteiger partial charge is 0.381 e. The van der Waals surface area contributed by atoms with E-state index < -0.39 is 0 Å². The molecule has 1 N–H and O–H groups in total. The van der Waals surface area contributed by atoms with Gasteiger partial charge in [0.15, 0.2) is 0 Å². The van der Waals surface area contributed by atoms with Gasteiger partial charge in [0.2, 0.25) is 5.91 Å². The lowest BCUT2D eigenvalue weighted by Gasteiger charge is -2.09. The molecular formula is C13H20ClN3O2. The van der Waals surface area contributed by atoms with Gasteiger partial charge in [-0.1, -0.05) is 11.6 Å². The zero-order chi connectivity index (χ0) is 13.8. The average Bonchev–Trinajstić information content (AvgIpc) is 3.00. The molecule has 1 atom stereocenters.